The molecule has 2 rings (SSSR count). The minimum absolute atomic E-state index is 0.00492. The van der Waals surface area contributed by atoms with Crippen molar-refractivity contribution in [2.24, 2.45) is 0 Å². The first-order valence-electron chi connectivity index (χ1n) is 5.28. The smallest absolute Gasteiger partial charge is 0.326 e. The van der Waals surface area contributed by atoms with Crippen molar-refractivity contribution in [3.63, 3.8) is 0 Å². The molecule has 1 aromatic rings. The van der Waals surface area contributed by atoms with Gasteiger partial charge >= 0.3 is 12.0 Å². The van der Waals surface area contributed by atoms with E-state index >= 15 is 0 Å². The van der Waals surface area contributed by atoms with E-state index < -0.39 is 24.1 Å². The number of urea groups is 1. The van der Waals surface area contributed by atoms with Crippen LogP contribution in [0.25, 0.3) is 0 Å². The molecule has 2 heterocycles. The molecule has 0 saturated carbocycles. The Kier molecular flexibility index (Phi) is 3.42. The third kappa shape index (κ3) is 2.56. The normalized spacial score (nSPS) is 23.1. The molecule has 1 aliphatic rings. The number of carboxylic acid groups (broad SMARTS) is 1. The Morgan fingerprint density at radius 3 is 3.00 bits per heavy atom. The van der Waals surface area contributed by atoms with Gasteiger partial charge < -0.3 is 25.0 Å². The van der Waals surface area contributed by atoms with Gasteiger partial charge in [-0.15, -0.1) is 0 Å². The number of hydrogen-bond acceptors (Lipinski definition) is 6. The number of aliphatic carboxylic acids is 1. The fourth-order valence-electron chi connectivity index (χ4n) is 1.80. The molecule has 0 aliphatic carbocycles. The molecule has 0 spiro atoms. The zero-order valence-corrected chi connectivity index (χ0v) is 9.31. The Hall–Kier alpha value is -2.16. The molecule has 1 saturated heterocycles. The van der Waals surface area contributed by atoms with Crippen molar-refractivity contribution in [1.29, 1.82) is 0 Å². The fraction of sp³-hybridized carbons (Fsp3) is 0.556. The van der Waals surface area contributed by atoms with Crippen LogP contribution in [0.3, 0.4) is 0 Å². The Morgan fingerprint density at radius 2 is 2.39 bits per heavy atom. The second kappa shape index (κ2) is 5.00. The largest absolute Gasteiger partial charge is 0.480 e. The fourth-order valence-corrected chi connectivity index (χ4v) is 1.80. The summed E-state index contributed by atoms with van der Waals surface area (Å²) in [6.07, 6.45) is 0.341. The van der Waals surface area contributed by atoms with Gasteiger partial charge in [-0.1, -0.05) is 5.16 Å². The van der Waals surface area contributed by atoms with Crippen LogP contribution < -0.4 is 5.32 Å². The van der Waals surface area contributed by atoms with E-state index in [2.05, 4.69) is 20.0 Å². The first-order chi connectivity index (χ1) is 8.58. The summed E-state index contributed by atoms with van der Waals surface area (Å²) in [5.74, 6) is -0.851. The average Bonchev–Trinajstić information content (AvgIpc) is 2.94. The third-order valence-electron chi connectivity index (χ3n) is 2.63. The lowest BCUT2D eigenvalue weighted by molar-refractivity contribution is -0.141. The molecule has 1 aliphatic heterocycles. The van der Waals surface area contributed by atoms with Gasteiger partial charge in [0, 0.05) is 13.0 Å². The van der Waals surface area contributed by atoms with Crippen molar-refractivity contribution in [1.82, 2.24) is 20.4 Å². The molecule has 2 atom stereocenters. The van der Waals surface area contributed by atoms with Crippen molar-refractivity contribution in [2.75, 3.05) is 6.54 Å². The Labute approximate surface area is 101 Å². The van der Waals surface area contributed by atoms with Crippen LogP contribution in [0.4, 0.5) is 4.79 Å². The number of aromatic nitrogens is 2. The number of amides is 2. The maximum atomic E-state index is 11.8. The number of aliphatic hydroxyl groups is 1. The van der Waals surface area contributed by atoms with Crippen LogP contribution in [0.15, 0.2) is 10.9 Å². The molecule has 2 amide bonds. The predicted molar refractivity (Wildman–Crippen MR) is 55.3 cm³/mol. The summed E-state index contributed by atoms with van der Waals surface area (Å²) in [4.78, 5) is 27.5. The van der Waals surface area contributed by atoms with Crippen LogP contribution >= 0.6 is 0 Å². The van der Waals surface area contributed by atoms with Gasteiger partial charge in [0.1, 0.15) is 6.04 Å². The molecule has 0 aromatic carbocycles. The first kappa shape index (κ1) is 12.3. The standard InChI is InChI=1S/C9H12N4O5/c14-5-1-6(8(15)16)13(3-5)9(17)10-2-7-11-4-18-12-7/h4-6,14H,1-3H2,(H,10,17)(H,15,16)/t5?,6-/m0/s1. The molecule has 1 unspecified atom stereocenters. The summed E-state index contributed by atoms with van der Waals surface area (Å²) in [6, 6.07) is -1.59. The molecule has 1 aromatic heterocycles. The number of carboxylic acids is 1. The predicted octanol–water partition coefficient (Wildman–Crippen LogP) is -1.20. The summed E-state index contributed by atoms with van der Waals surface area (Å²) < 4.78 is 4.49. The highest BCUT2D eigenvalue weighted by Crippen LogP contribution is 2.18. The molecule has 1 fully saturated rings. The van der Waals surface area contributed by atoms with Crippen LogP contribution in [0, 0.1) is 0 Å². The quantitative estimate of drug-likeness (QED) is 0.619. The number of nitrogens with one attached hydrogen (secondary N) is 1. The lowest BCUT2D eigenvalue weighted by atomic mass is 10.2. The average molecular weight is 256 g/mol. The highest BCUT2D eigenvalue weighted by atomic mass is 16.5. The molecule has 0 bridgehead atoms. The van der Waals surface area contributed by atoms with Crippen molar-refractivity contribution in [2.45, 2.75) is 25.1 Å². The monoisotopic (exact) mass is 256 g/mol. The Morgan fingerprint density at radius 1 is 1.61 bits per heavy atom. The van der Waals surface area contributed by atoms with E-state index in [1.54, 1.807) is 0 Å². The third-order valence-corrected chi connectivity index (χ3v) is 2.63. The number of likely N-dealkylation sites (tertiary alicyclic amines) is 1. The van der Waals surface area contributed by atoms with Gasteiger partial charge in [0.25, 0.3) is 0 Å². The summed E-state index contributed by atoms with van der Waals surface area (Å²) in [5.41, 5.74) is 0. The van der Waals surface area contributed by atoms with Crippen molar-refractivity contribution in [3.8, 4) is 0 Å². The van der Waals surface area contributed by atoms with Gasteiger partial charge in [0.15, 0.2) is 5.82 Å². The summed E-state index contributed by atoms with van der Waals surface area (Å²) in [6.45, 7) is 0.0311. The summed E-state index contributed by atoms with van der Waals surface area (Å²) in [7, 11) is 0. The van der Waals surface area contributed by atoms with Crippen LogP contribution in [-0.4, -0.2) is 55.9 Å². The van der Waals surface area contributed by atoms with Crippen molar-refractivity contribution in [3.05, 3.63) is 12.2 Å². The molecule has 18 heavy (non-hydrogen) atoms. The van der Waals surface area contributed by atoms with E-state index in [4.69, 9.17) is 5.11 Å². The minimum Gasteiger partial charge on any atom is -0.480 e. The van der Waals surface area contributed by atoms with Crippen LogP contribution in [0.2, 0.25) is 0 Å². The molecular formula is C9H12N4O5. The SMILES string of the molecule is O=C(O)[C@@H]1CC(O)CN1C(=O)NCc1ncon1. The Balaban J connectivity index is 1.93. The maximum Gasteiger partial charge on any atom is 0.326 e. The number of carbonyl (C=O) groups is 2. The van der Waals surface area contributed by atoms with Crippen molar-refractivity contribution < 1.29 is 24.3 Å². The Bertz CT molecular complexity index is 434. The van der Waals surface area contributed by atoms with Crippen LogP contribution in [0.5, 0.6) is 0 Å². The summed E-state index contributed by atoms with van der Waals surface area (Å²) >= 11 is 0. The molecule has 0 radical (unpaired) electrons. The first-order valence-corrected chi connectivity index (χ1v) is 5.28. The minimum atomic E-state index is -1.14. The van der Waals surface area contributed by atoms with Crippen LogP contribution in [0.1, 0.15) is 12.2 Å². The molecule has 3 N–H and O–H groups in total. The van der Waals surface area contributed by atoms with Crippen molar-refractivity contribution >= 4 is 12.0 Å². The molecule has 9 nitrogen and oxygen atoms in total. The number of aliphatic hydroxyl groups excluding tert-OH is 1. The highest BCUT2D eigenvalue weighted by molar-refractivity contribution is 5.83. The van der Waals surface area contributed by atoms with Gasteiger partial charge in [0.2, 0.25) is 6.39 Å². The highest BCUT2D eigenvalue weighted by Gasteiger charge is 2.38. The number of rotatable bonds is 3. The van der Waals surface area contributed by atoms with E-state index in [1.165, 1.54) is 0 Å². The number of hydrogen-bond donors (Lipinski definition) is 3. The van der Waals surface area contributed by atoms with E-state index in [0.717, 1.165) is 11.3 Å². The van der Waals surface area contributed by atoms with Gasteiger partial charge in [-0.3, -0.25) is 0 Å². The van der Waals surface area contributed by atoms with Crippen LogP contribution in [-0.2, 0) is 11.3 Å². The van der Waals surface area contributed by atoms with Gasteiger partial charge in [-0.2, -0.15) is 4.98 Å². The summed E-state index contributed by atoms with van der Waals surface area (Å²) in [5, 5.41) is 24.3. The number of carbonyl (C=O) groups excluding carboxylic acids is 1. The topological polar surface area (TPSA) is 129 Å². The van der Waals surface area contributed by atoms with E-state index in [0.29, 0.717) is 0 Å². The lowest BCUT2D eigenvalue weighted by Gasteiger charge is -2.20. The van der Waals surface area contributed by atoms with Gasteiger partial charge in [-0.05, 0) is 0 Å². The molecular weight excluding hydrogens is 244 g/mol. The zero-order chi connectivity index (χ0) is 13.1. The second-order valence-corrected chi connectivity index (χ2v) is 3.90. The van der Waals surface area contributed by atoms with E-state index in [9.17, 15) is 14.7 Å². The van der Waals surface area contributed by atoms with Gasteiger partial charge in [0.05, 0.1) is 12.6 Å². The van der Waals surface area contributed by atoms with E-state index in [1.807, 2.05) is 0 Å². The van der Waals surface area contributed by atoms with E-state index in [-0.39, 0.29) is 25.3 Å². The second-order valence-electron chi connectivity index (χ2n) is 3.90. The maximum absolute atomic E-state index is 11.8. The zero-order valence-electron chi connectivity index (χ0n) is 9.31. The van der Waals surface area contributed by atoms with Gasteiger partial charge in [-0.25, -0.2) is 9.59 Å². The number of β-amino-alcohol motifs (C(OH)–C–C–N with tert-alkyl or cyclic N) is 1. The number of nitrogens with zero attached hydrogens (tertiary/aromatic N) is 3. The molecule has 98 valence electrons. The lowest BCUT2D eigenvalue weighted by Crippen LogP contribution is -2.46. The molecule has 9 heteroatoms.